The molecule has 2 rings (SSSR count). The fraction of sp³-hybridized carbons (Fsp3) is 0.720. The highest BCUT2D eigenvalue weighted by Crippen LogP contribution is 2.25. The molecule has 1 fully saturated rings. The number of nitrogens with one attached hydrogen (secondary N) is 1. The van der Waals surface area contributed by atoms with Crippen LogP contribution in [0.15, 0.2) is 24.3 Å². The second-order valence-corrected chi connectivity index (χ2v) is 8.93. The van der Waals surface area contributed by atoms with Crippen molar-refractivity contribution in [2.45, 2.75) is 83.8 Å². The molecule has 0 radical (unpaired) electrons. The number of amides is 2. The van der Waals surface area contributed by atoms with Crippen molar-refractivity contribution >= 4 is 11.7 Å². The molecule has 0 spiro atoms. The minimum Gasteiger partial charge on any atom is -0.378 e. The molecule has 1 aliphatic rings. The number of benzene rings is 1. The Morgan fingerprint density at radius 3 is 2.27 bits per heavy atom. The van der Waals surface area contributed by atoms with Crippen molar-refractivity contribution in [2.75, 3.05) is 39.1 Å². The van der Waals surface area contributed by atoms with Gasteiger partial charge in [-0.1, -0.05) is 37.5 Å². The minimum atomic E-state index is -0.0220. The average Bonchev–Trinajstić information content (AvgIpc) is 2.75. The molecule has 1 N–H and O–H groups in total. The van der Waals surface area contributed by atoms with E-state index in [1.165, 1.54) is 44.3 Å². The molecule has 0 saturated heterocycles. The molecular formula is C25H43N3O2. The van der Waals surface area contributed by atoms with Crippen LogP contribution in [0, 0.1) is 6.92 Å². The van der Waals surface area contributed by atoms with E-state index in [1.807, 2.05) is 43.1 Å². The summed E-state index contributed by atoms with van der Waals surface area (Å²) < 4.78 is 6.12. The molecular weight excluding hydrogens is 374 g/mol. The Hall–Kier alpha value is -1.59. The van der Waals surface area contributed by atoms with Gasteiger partial charge in [0.25, 0.3) is 0 Å². The van der Waals surface area contributed by atoms with Crippen molar-refractivity contribution < 1.29 is 9.53 Å². The van der Waals surface area contributed by atoms with E-state index in [0.29, 0.717) is 12.1 Å². The number of anilines is 1. The van der Waals surface area contributed by atoms with Crippen molar-refractivity contribution in [3.05, 3.63) is 29.8 Å². The highest BCUT2D eigenvalue weighted by Gasteiger charge is 2.27. The van der Waals surface area contributed by atoms with E-state index >= 15 is 0 Å². The Morgan fingerprint density at radius 2 is 1.63 bits per heavy atom. The smallest absolute Gasteiger partial charge is 0.321 e. The number of rotatable bonds is 12. The van der Waals surface area contributed by atoms with Crippen LogP contribution in [0.5, 0.6) is 0 Å². The van der Waals surface area contributed by atoms with E-state index in [9.17, 15) is 4.79 Å². The van der Waals surface area contributed by atoms with Gasteiger partial charge in [-0.25, -0.2) is 4.79 Å². The van der Waals surface area contributed by atoms with Gasteiger partial charge >= 0.3 is 6.03 Å². The molecule has 0 unspecified atom stereocenters. The number of carbonyl (C=O) groups is 1. The van der Waals surface area contributed by atoms with Gasteiger partial charge in [-0.15, -0.1) is 0 Å². The monoisotopic (exact) mass is 417 g/mol. The van der Waals surface area contributed by atoms with Crippen LogP contribution < -0.4 is 5.32 Å². The number of hydrogen-bond donors (Lipinski definition) is 1. The number of ether oxygens (including phenoxy) is 1. The summed E-state index contributed by atoms with van der Waals surface area (Å²) in [6.07, 6.45) is 10.8. The van der Waals surface area contributed by atoms with E-state index in [-0.39, 0.29) is 6.03 Å². The lowest BCUT2D eigenvalue weighted by Gasteiger charge is -2.34. The molecule has 5 nitrogen and oxygen atoms in total. The third kappa shape index (κ3) is 9.05. The van der Waals surface area contributed by atoms with E-state index in [1.54, 1.807) is 0 Å². The van der Waals surface area contributed by atoms with Crippen molar-refractivity contribution in [1.29, 1.82) is 0 Å². The highest BCUT2D eigenvalue weighted by atomic mass is 16.5. The lowest BCUT2D eigenvalue weighted by Crippen LogP contribution is -2.42. The number of carbonyl (C=O) groups excluding carboxylic acids is 1. The minimum absolute atomic E-state index is 0.0220. The first kappa shape index (κ1) is 24.7. The van der Waals surface area contributed by atoms with Crippen molar-refractivity contribution in [3.8, 4) is 0 Å². The maximum absolute atomic E-state index is 12.5. The Kier molecular flexibility index (Phi) is 11.2. The Bertz CT molecular complexity index is 597. The summed E-state index contributed by atoms with van der Waals surface area (Å²) in [6, 6.07) is 8.22. The molecule has 0 heterocycles. The average molecular weight is 418 g/mol. The molecule has 1 saturated carbocycles. The molecule has 1 aromatic carbocycles. The predicted octanol–water partition coefficient (Wildman–Crippen LogP) is 5.69. The zero-order chi connectivity index (χ0) is 21.8. The van der Waals surface area contributed by atoms with Gasteiger partial charge in [-0.05, 0) is 84.1 Å². The van der Waals surface area contributed by atoms with Gasteiger partial charge in [0.2, 0.25) is 0 Å². The van der Waals surface area contributed by atoms with Crippen LogP contribution in [0.1, 0.15) is 70.3 Å². The number of nitrogens with zero attached hydrogens (tertiary/aromatic N) is 2. The number of unbranched alkanes of at least 4 members (excludes halogenated alkanes) is 3. The van der Waals surface area contributed by atoms with Crippen molar-refractivity contribution in [2.24, 2.45) is 0 Å². The van der Waals surface area contributed by atoms with Crippen molar-refractivity contribution in [1.82, 2.24) is 9.80 Å². The van der Waals surface area contributed by atoms with Crippen LogP contribution in [-0.4, -0.2) is 61.8 Å². The lowest BCUT2D eigenvalue weighted by molar-refractivity contribution is 0.0126. The normalized spacial score (nSPS) is 19.1. The van der Waals surface area contributed by atoms with E-state index in [2.05, 4.69) is 24.2 Å². The van der Waals surface area contributed by atoms with Gasteiger partial charge in [0, 0.05) is 25.4 Å². The summed E-state index contributed by atoms with van der Waals surface area (Å²) in [5.41, 5.74) is 2.05. The van der Waals surface area contributed by atoms with Gasteiger partial charge in [-0.2, -0.15) is 0 Å². The first-order valence-corrected chi connectivity index (χ1v) is 11.9. The Balaban J connectivity index is 1.57. The van der Waals surface area contributed by atoms with E-state index in [4.69, 9.17) is 4.74 Å². The number of urea groups is 1. The molecule has 0 bridgehead atoms. The molecule has 170 valence electrons. The second-order valence-electron chi connectivity index (χ2n) is 8.93. The fourth-order valence-electron chi connectivity index (χ4n) is 4.09. The third-order valence-electron chi connectivity index (χ3n) is 6.25. The molecule has 30 heavy (non-hydrogen) atoms. The van der Waals surface area contributed by atoms with E-state index < -0.39 is 0 Å². The number of hydrogen-bond acceptors (Lipinski definition) is 3. The van der Waals surface area contributed by atoms with Crippen LogP contribution in [0.25, 0.3) is 0 Å². The quantitative estimate of drug-likeness (QED) is 0.444. The molecule has 0 aliphatic heterocycles. The van der Waals surface area contributed by atoms with Gasteiger partial charge in [0.05, 0.1) is 6.10 Å². The SMILES string of the molecule is CCCCCN(C)CCCCO[C@H]1CC[C@H](N(C)C(=O)Nc2ccc(C)cc2)CC1. The Labute approximate surface area is 184 Å². The molecule has 2 amide bonds. The van der Waals surface area contributed by atoms with Crippen LogP contribution >= 0.6 is 0 Å². The van der Waals surface area contributed by atoms with Gasteiger partial charge < -0.3 is 19.9 Å². The summed E-state index contributed by atoms with van der Waals surface area (Å²) in [5, 5.41) is 3.00. The lowest BCUT2D eigenvalue weighted by atomic mass is 9.92. The van der Waals surface area contributed by atoms with Crippen LogP contribution in [0.3, 0.4) is 0 Å². The summed E-state index contributed by atoms with van der Waals surface area (Å²) in [4.78, 5) is 16.8. The molecule has 0 aromatic heterocycles. The summed E-state index contributed by atoms with van der Waals surface area (Å²) in [7, 11) is 4.13. The summed E-state index contributed by atoms with van der Waals surface area (Å²) >= 11 is 0. The maximum atomic E-state index is 12.5. The first-order chi connectivity index (χ1) is 14.5. The summed E-state index contributed by atoms with van der Waals surface area (Å²) in [6.45, 7) is 7.54. The largest absolute Gasteiger partial charge is 0.378 e. The van der Waals surface area contributed by atoms with Crippen LogP contribution in [-0.2, 0) is 4.74 Å². The maximum Gasteiger partial charge on any atom is 0.321 e. The first-order valence-electron chi connectivity index (χ1n) is 11.9. The molecule has 1 aromatic rings. The van der Waals surface area contributed by atoms with Crippen molar-refractivity contribution in [3.63, 3.8) is 0 Å². The summed E-state index contributed by atoms with van der Waals surface area (Å²) in [5.74, 6) is 0. The molecule has 0 atom stereocenters. The fourth-order valence-corrected chi connectivity index (χ4v) is 4.09. The standard InChI is InChI=1S/C25H43N3O2/c1-5-6-7-18-27(3)19-8-9-20-30-24-16-14-23(15-17-24)28(4)25(29)26-22-12-10-21(2)11-13-22/h10-13,23-24H,5-9,14-20H2,1-4H3,(H,26,29)/t23-,24-. The molecule has 1 aliphatic carbocycles. The van der Waals surface area contributed by atoms with Gasteiger partial charge in [0.15, 0.2) is 0 Å². The van der Waals surface area contributed by atoms with Gasteiger partial charge in [-0.3, -0.25) is 0 Å². The topological polar surface area (TPSA) is 44.8 Å². The van der Waals surface area contributed by atoms with Gasteiger partial charge in [0.1, 0.15) is 0 Å². The number of aryl methyl sites for hydroxylation is 1. The zero-order valence-electron chi connectivity index (χ0n) is 19.7. The van der Waals surface area contributed by atoms with Crippen LogP contribution in [0.4, 0.5) is 10.5 Å². The van der Waals surface area contributed by atoms with Crippen LogP contribution in [0.2, 0.25) is 0 Å². The highest BCUT2D eigenvalue weighted by molar-refractivity contribution is 5.89. The van der Waals surface area contributed by atoms with E-state index in [0.717, 1.165) is 44.4 Å². The molecule has 5 heteroatoms. The third-order valence-corrected chi connectivity index (χ3v) is 6.25. The second kappa shape index (κ2) is 13.7. The Morgan fingerprint density at radius 1 is 1.00 bits per heavy atom. The predicted molar refractivity (Wildman–Crippen MR) is 126 cm³/mol. The zero-order valence-corrected chi connectivity index (χ0v) is 19.7.